The number of benzene rings is 8. The van der Waals surface area contributed by atoms with Crippen LogP contribution in [0.1, 0.15) is 0 Å². The Labute approximate surface area is 302 Å². The molecule has 0 atom stereocenters. The minimum Gasteiger partial charge on any atom is -0.278 e. The SMILES string of the molecule is c1ccc(-c2nc3c(-c4nc(-c5ccc6c7ccccc7c7ccccc7c6c5)nc(-n5c6ccccc6c6ccccc65)n4)cccc3s2)cc1. The third kappa shape index (κ3) is 4.41. The van der Waals surface area contributed by atoms with Crippen LogP contribution in [0.3, 0.4) is 0 Å². The molecule has 0 N–H and O–H groups in total. The largest absolute Gasteiger partial charge is 0.278 e. The molecule has 6 heteroatoms. The van der Waals surface area contributed by atoms with E-state index in [4.69, 9.17) is 19.9 Å². The highest BCUT2D eigenvalue weighted by Gasteiger charge is 2.20. The molecule has 0 saturated carbocycles. The lowest BCUT2D eigenvalue weighted by molar-refractivity contribution is 0.954. The molecule has 0 radical (unpaired) electrons. The standard InChI is InChI=1S/C46H27N5S/c1-2-13-28(14-3-1)45-47-42-37(21-12-24-41(42)52-45)44-48-43(49-46(50-44)51-39-22-10-8-19-35(39)36-20-9-11-23-40(36)51)29-25-26-34-32-17-5-4-15-30(32)31-16-6-7-18-33(31)38(34)27-29/h1-27H. The number of aromatic nitrogens is 5. The van der Waals surface area contributed by atoms with Crippen LogP contribution < -0.4 is 0 Å². The van der Waals surface area contributed by atoms with Crippen LogP contribution in [0.2, 0.25) is 0 Å². The van der Waals surface area contributed by atoms with Crippen molar-refractivity contribution in [3.05, 3.63) is 164 Å². The summed E-state index contributed by atoms with van der Waals surface area (Å²) in [6.45, 7) is 0. The van der Waals surface area contributed by atoms with Crippen molar-refractivity contribution in [1.29, 1.82) is 0 Å². The second-order valence-electron chi connectivity index (χ2n) is 13.0. The van der Waals surface area contributed by atoms with Crippen LogP contribution in [-0.2, 0) is 0 Å². The fraction of sp³-hybridized carbons (Fsp3) is 0. The van der Waals surface area contributed by atoms with Crippen molar-refractivity contribution in [2.45, 2.75) is 0 Å². The Bertz CT molecular complexity index is 3110. The van der Waals surface area contributed by atoms with Crippen molar-refractivity contribution < 1.29 is 0 Å². The lowest BCUT2D eigenvalue weighted by atomic mass is 9.93. The number of rotatable bonds is 4. The summed E-state index contributed by atoms with van der Waals surface area (Å²) in [7, 11) is 0. The van der Waals surface area contributed by atoms with E-state index in [1.54, 1.807) is 11.3 Å². The Morgan fingerprint density at radius 2 is 0.942 bits per heavy atom. The molecule has 52 heavy (non-hydrogen) atoms. The third-order valence-corrected chi connectivity index (χ3v) is 11.2. The van der Waals surface area contributed by atoms with Crippen molar-refractivity contribution in [3.8, 4) is 39.3 Å². The first-order valence-corrected chi connectivity index (χ1v) is 18.1. The van der Waals surface area contributed by atoms with Crippen molar-refractivity contribution in [2.75, 3.05) is 0 Å². The Balaban J connectivity index is 1.20. The van der Waals surface area contributed by atoms with Crippen LogP contribution in [-0.4, -0.2) is 24.5 Å². The van der Waals surface area contributed by atoms with Gasteiger partial charge in [0.05, 0.1) is 21.3 Å². The fourth-order valence-electron chi connectivity index (χ4n) is 7.73. The Morgan fingerprint density at radius 3 is 1.62 bits per heavy atom. The van der Waals surface area contributed by atoms with Gasteiger partial charge in [0.25, 0.3) is 0 Å². The van der Waals surface area contributed by atoms with Crippen LogP contribution in [0.25, 0.3) is 104 Å². The Hall–Kier alpha value is -6.76. The number of hydrogen-bond acceptors (Lipinski definition) is 5. The topological polar surface area (TPSA) is 56.5 Å². The summed E-state index contributed by atoms with van der Waals surface area (Å²) < 4.78 is 3.25. The van der Waals surface area contributed by atoms with Gasteiger partial charge in [0, 0.05) is 27.5 Å². The Morgan fingerprint density at radius 1 is 0.385 bits per heavy atom. The molecular weight excluding hydrogens is 655 g/mol. The average Bonchev–Trinajstić information content (AvgIpc) is 3.81. The summed E-state index contributed by atoms with van der Waals surface area (Å²) >= 11 is 1.68. The van der Waals surface area contributed by atoms with E-state index in [1.165, 1.54) is 32.3 Å². The highest BCUT2D eigenvalue weighted by Crippen LogP contribution is 2.39. The molecule has 0 bridgehead atoms. The first-order valence-electron chi connectivity index (χ1n) is 17.3. The number of fused-ring (bicyclic) bond motifs is 10. The highest BCUT2D eigenvalue weighted by atomic mass is 32.1. The first-order chi connectivity index (χ1) is 25.8. The molecule has 3 aromatic heterocycles. The van der Waals surface area contributed by atoms with Gasteiger partial charge in [0.2, 0.25) is 5.95 Å². The molecule has 0 aliphatic rings. The van der Waals surface area contributed by atoms with Gasteiger partial charge in [0.1, 0.15) is 5.01 Å². The molecule has 0 fully saturated rings. The first kappa shape index (κ1) is 29.0. The van der Waals surface area contributed by atoms with Crippen molar-refractivity contribution >= 4 is 75.7 Å². The second kappa shape index (κ2) is 11.4. The molecular formula is C46H27N5S. The van der Waals surface area contributed by atoms with E-state index in [2.05, 4.69) is 150 Å². The summed E-state index contributed by atoms with van der Waals surface area (Å²) in [5.74, 6) is 1.76. The van der Waals surface area contributed by atoms with Gasteiger partial charge in [-0.25, -0.2) is 9.97 Å². The van der Waals surface area contributed by atoms with E-state index in [9.17, 15) is 0 Å². The number of hydrogen-bond donors (Lipinski definition) is 0. The molecule has 0 aliphatic carbocycles. The molecule has 0 spiro atoms. The second-order valence-corrected chi connectivity index (χ2v) is 14.1. The summed E-state index contributed by atoms with van der Waals surface area (Å²) in [6.07, 6.45) is 0. The van der Waals surface area contributed by atoms with Crippen LogP contribution in [0.15, 0.2) is 164 Å². The summed E-state index contributed by atoms with van der Waals surface area (Å²) in [4.78, 5) is 21.0. The fourth-order valence-corrected chi connectivity index (χ4v) is 8.73. The molecule has 0 aliphatic heterocycles. The van der Waals surface area contributed by atoms with Crippen LogP contribution in [0.4, 0.5) is 0 Å². The molecule has 0 unspecified atom stereocenters. The third-order valence-electron chi connectivity index (χ3n) is 10.1. The molecule has 3 heterocycles. The highest BCUT2D eigenvalue weighted by molar-refractivity contribution is 7.21. The maximum absolute atomic E-state index is 5.28. The monoisotopic (exact) mass is 681 g/mol. The quantitative estimate of drug-likeness (QED) is 0.174. The van der Waals surface area contributed by atoms with Crippen molar-refractivity contribution in [3.63, 3.8) is 0 Å². The average molecular weight is 682 g/mol. The summed E-state index contributed by atoms with van der Waals surface area (Å²) in [6, 6.07) is 57.4. The number of nitrogens with zero attached hydrogens (tertiary/aromatic N) is 5. The summed E-state index contributed by atoms with van der Waals surface area (Å²) in [5.41, 5.74) is 5.86. The van der Waals surface area contributed by atoms with Crippen LogP contribution >= 0.6 is 11.3 Å². The zero-order chi connectivity index (χ0) is 34.2. The van der Waals surface area contributed by atoms with Gasteiger partial charge in [0.15, 0.2) is 11.6 Å². The van der Waals surface area contributed by atoms with Crippen molar-refractivity contribution in [2.24, 2.45) is 0 Å². The maximum atomic E-state index is 5.28. The van der Waals surface area contributed by atoms with Gasteiger partial charge >= 0.3 is 0 Å². The van der Waals surface area contributed by atoms with Crippen LogP contribution in [0.5, 0.6) is 0 Å². The Kier molecular flexibility index (Phi) is 6.35. The smallest absolute Gasteiger partial charge is 0.238 e. The molecule has 0 saturated heterocycles. The lowest BCUT2D eigenvalue weighted by Crippen LogP contribution is -2.06. The summed E-state index contributed by atoms with van der Waals surface area (Å²) in [5, 5.41) is 10.6. The molecule has 5 nitrogen and oxygen atoms in total. The minimum atomic E-state index is 0.566. The predicted molar refractivity (Wildman–Crippen MR) is 216 cm³/mol. The van der Waals surface area contributed by atoms with Gasteiger partial charge < -0.3 is 0 Å². The molecule has 11 rings (SSSR count). The predicted octanol–water partition coefficient (Wildman–Crippen LogP) is 12.0. The molecule has 8 aromatic carbocycles. The van der Waals surface area contributed by atoms with E-state index < -0.39 is 0 Å². The molecule has 11 aromatic rings. The molecule has 0 amide bonds. The van der Waals surface area contributed by atoms with Gasteiger partial charge in [-0.05, 0) is 62.6 Å². The van der Waals surface area contributed by atoms with Gasteiger partial charge in [-0.1, -0.05) is 133 Å². The van der Waals surface area contributed by atoms with Crippen LogP contribution in [0, 0.1) is 0 Å². The minimum absolute atomic E-state index is 0.566. The normalized spacial score (nSPS) is 11.8. The van der Waals surface area contributed by atoms with Gasteiger partial charge in [-0.3, -0.25) is 4.57 Å². The van der Waals surface area contributed by atoms with E-state index >= 15 is 0 Å². The number of para-hydroxylation sites is 3. The number of thiazole rings is 1. The zero-order valence-electron chi connectivity index (χ0n) is 27.7. The molecule has 242 valence electrons. The maximum Gasteiger partial charge on any atom is 0.238 e. The van der Waals surface area contributed by atoms with E-state index in [1.807, 2.05) is 18.2 Å². The lowest BCUT2D eigenvalue weighted by Gasteiger charge is -2.13. The van der Waals surface area contributed by atoms with E-state index in [-0.39, 0.29) is 0 Å². The van der Waals surface area contributed by atoms with Gasteiger partial charge in [-0.2, -0.15) is 9.97 Å². The zero-order valence-corrected chi connectivity index (χ0v) is 28.5. The van der Waals surface area contributed by atoms with E-state index in [0.29, 0.717) is 17.6 Å². The van der Waals surface area contributed by atoms with Crippen molar-refractivity contribution in [1.82, 2.24) is 24.5 Å². The van der Waals surface area contributed by atoms with Gasteiger partial charge in [-0.15, -0.1) is 11.3 Å². The van der Waals surface area contributed by atoms with E-state index in [0.717, 1.165) is 53.7 Å².